The van der Waals surface area contributed by atoms with E-state index in [-0.39, 0.29) is 4.90 Å². The Bertz CT molecular complexity index is 1100. The Hall–Kier alpha value is -2.61. The highest BCUT2D eigenvalue weighted by Crippen LogP contribution is 2.23. The van der Waals surface area contributed by atoms with Crippen LogP contribution in [0.1, 0.15) is 11.1 Å². The van der Waals surface area contributed by atoms with Crippen molar-refractivity contribution in [1.29, 1.82) is 0 Å². The van der Waals surface area contributed by atoms with E-state index < -0.39 is 10.0 Å². The fraction of sp³-hybridized carbons (Fsp3) is 0.0952. The van der Waals surface area contributed by atoms with Crippen LogP contribution in [0.2, 0.25) is 5.02 Å². The first kappa shape index (κ1) is 21.1. The second-order valence-corrected chi connectivity index (χ2v) is 8.91. The lowest BCUT2D eigenvalue weighted by Gasteiger charge is -2.15. The number of rotatable bonds is 6. The molecule has 0 spiro atoms. The van der Waals surface area contributed by atoms with Crippen LogP contribution in [-0.2, 0) is 16.6 Å². The van der Waals surface area contributed by atoms with Gasteiger partial charge in [-0.3, -0.25) is 4.72 Å². The molecule has 0 fully saturated rings. The van der Waals surface area contributed by atoms with E-state index in [1.54, 1.807) is 42.5 Å². The fourth-order valence-electron chi connectivity index (χ4n) is 2.58. The largest absolute Gasteiger partial charge is 0.358 e. The Morgan fingerprint density at radius 2 is 1.69 bits per heavy atom. The number of aryl methyl sites for hydroxylation is 1. The summed E-state index contributed by atoms with van der Waals surface area (Å²) in [7, 11) is -3.75. The van der Waals surface area contributed by atoms with Gasteiger partial charge in [0.2, 0.25) is 0 Å². The summed E-state index contributed by atoms with van der Waals surface area (Å²) >= 11 is 11.2. The van der Waals surface area contributed by atoms with Gasteiger partial charge in [-0.1, -0.05) is 48.0 Å². The molecule has 8 heteroatoms. The number of halogens is 1. The SMILES string of the molecule is Cc1ccc(S(=O)(=O)Nc2ccc(Cl)cc2)cc1NC(=S)NCc1ccccc1. The number of thiocarbonyl (C=S) groups is 1. The van der Waals surface area contributed by atoms with Crippen LogP contribution in [0.5, 0.6) is 0 Å². The predicted octanol–water partition coefficient (Wildman–Crippen LogP) is 4.94. The normalized spacial score (nSPS) is 11.0. The molecule has 0 unspecified atom stereocenters. The summed E-state index contributed by atoms with van der Waals surface area (Å²) in [5.41, 5.74) is 3.02. The van der Waals surface area contributed by atoms with Crippen LogP contribution >= 0.6 is 23.8 Å². The first-order valence-electron chi connectivity index (χ1n) is 8.81. The highest BCUT2D eigenvalue weighted by Gasteiger charge is 2.16. The Morgan fingerprint density at radius 1 is 1.00 bits per heavy atom. The van der Waals surface area contributed by atoms with Crippen LogP contribution < -0.4 is 15.4 Å². The third kappa shape index (κ3) is 5.93. The van der Waals surface area contributed by atoms with Gasteiger partial charge < -0.3 is 10.6 Å². The molecule has 3 N–H and O–H groups in total. The molecule has 0 aliphatic rings. The average molecular weight is 446 g/mol. The lowest BCUT2D eigenvalue weighted by atomic mass is 10.2. The van der Waals surface area contributed by atoms with Crippen LogP contribution in [0.25, 0.3) is 0 Å². The number of nitrogens with one attached hydrogen (secondary N) is 3. The first-order valence-corrected chi connectivity index (χ1v) is 11.1. The lowest BCUT2D eigenvalue weighted by Crippen LogP contribution is -2.28. The van der Waals surface area contributed by atoms with E-state index in [9.17, 15) is 8.42 Å². The molecule has 5 nitrogen and oxygen atoms in total. The third-order valence-electron chi connectivity index (χ3n) is 4.16. The smallest absolute Gasteiger partial charge is 0.261 e. The van der Waals surface area contributed by atoms with E-state index in [4.69, 9.17) is 23.8 Å². The maximum atomic E-state index is 12.7. The maximum Gasteiger partial charge on any atom is 0.261 e. The number of sulfonamides is 1. The number of hydrogen-bond acceptors (Lipinski definition) is 3. The molecule has 29 heavy (non-hydrogen) atoms. The highest BCUT2D eigenvalue weighted by atomic mass is 35.5. The highest BCUT2D eigenvalue weighted by molar-refractivity contribution is 7.92. The van der Waals surface area contributed by atoms with E-state index in [0.717, 1.165) is 11.1 Å². The molecule has 0 aromatic heterocycles. The van der Waals surface area contributed by atoms with E-state index in [1.165, 1.54) is 0 Å². The Morgan fingerprint density at radius 3 is 2.38 bits per heavy atom. The molecule has 0 aliphatic heterocycles. The topological polar surface area (TPSA) is 70.2 Å². The van der Waals surface area contributed by atoms with Crippen LogP contribution in [-0.4, -0.2) is 13.5 Å². The number of hydrogen-bond donors (Lipinski definition) is 3. The van der Waals surface area contributed by atoms with Crippen LogP contribution in [0.4, 0.5) is 11.4 Å². The van der Waals surface area contributed by atoms with Gasteiger partial charge in [0.1, 0.15) is 0 Å². The van der Waals surface area contributed by atoms with Gasteiger partial charge >= 0.3 is 0 Å². The molecule has 0 bridgehead atoms. The molecule has 0 saturated heterocycles. The monoisotopic (exact) mass is 445 g/mol. The number of benzene rings is 3. The second kappa shape index (κ2) is 9.26. The lowest BCUT2D eigenvalue weighted by molar-refractivity contribution is 0.601. The molecule has 0 saturated carbocycles. The summed E-state index contributed by atoms with van der Waals surface area (Å²) in [6.07, 6.45) is 0. The summed E-state index contributed by atoms with van der Waals surface area (Å²) in [4.78, 5) is 0.131. The minimum atomic E-state index is -3.75. The van der Waals surface area contributed by atoms with E-state index in [1.807, 2.05) is 37.3 Å². The molecule has 0 amide bonds. The molecular weight excluding hydrogens is 426 g/mol. The minimum absolute atomic E-state index is 0.131. The van der Waals surface area contributed by atoms with Gasteiger partial charge in [-0.05, 0) is 66.7 Å². The van der Waals surface area contributed by atoms with Crippen molar-refractivity contribution >= 4 is 50.3 Å². The summed E-state index contributed by atoms with van der Waals surface area (Å²) in [5, 5.41) is 7.14. The van der Waals surface area contributed by atoms with E-state index in [2.05, 4.69) is 15.4 Å². The standard InChI is InChI=1S/C21H20ClN3O2S2/c1-15-7-12-19(29(26,27)25-18-10-8-17(22)9-11-18)13-20(15)24-21(28)23-14-16-5-3-2-4-6-16/h2-13,25H,14H2,1H3,(H2,23,24,28). The van der Waals surface area contributed by atoms with E-state index >= 15 is 0 Å². The van der Waals surface area contributed by atoms with Crippen LogP contribution in [0.3, 0.4) is 0 Å². The third-order valence-corrected chi connectivity index (χ3v) is 6.04. The van der Waals surface area contributed by atoms with Crippen molar-refractivity contribution in [3.8, 4) is 0 Å². The van der Waals surface area contributed by atoms with Crippen LogP contribution in [0, 0.1) is 6.92 Å². The second-order valence-electron chi connectivity index (χ2n) is 6.38. The van der Waals surface area contributed by atoms with Crippen molar-refractivity contribution in [2.75, 3.05) is 10.0 Å². The van der Waals surface area contributed by atoms with Crippen molar-refractivity contribution in [2.24, 2.45) is 0 Å². The molecule has 0 radical (unpaired) electrons. The Labute approximate surface area is 181 Å². The molecule has 0 heterocycles. The predicted molar refractivity (Wildman–Crippen MR) is 123 cm³/mol. The van der Waals surface area contributed by atoms with Gasteiger partial charge in [0.15, 0.2) is 5.11 Å². The minimum Gasteiger partial charge on any atom is -0.358 e. The van der Waals surface area contributed by atoms with Gasteiger partial charge in [0.05, 0.1) is 4.90 Å². The first-order chi connectivity index (χ1) is 13.8. The zero-order chi connectivity index (χ0) is 20.9. The van der Waals surface area contributed by atoms with Crippen molar-refractivity contribution in [3.05, 3.63) is 88.9 Å². The molecule has 0 aliphatic carbocycles. The molecule has 3 rings (SSSR count). The van der Waals surface area contributed by atoms with Crippen molar-refractivity contribution in [1.82, 2.24) is 5.32 Å². The van der Waals surface area contributed by atoms with Gasteiger partial charge in [-0.25, -0.2) is 8.42 Å². The zero-order valence-corrected chi connectivity index (χ0v) is 18.0. The quantitative estimate of drug-likeness (QED) is 0.469. The summed E-state index contributed by atoms with van der Waals surface area (Å²) in [6, 6.07) is 21.2. The van der Waals surface area contributed by atoms with Gasteiger partial charge in [-0.2, -0.15) is 0 Å². The molecule has 0 atom stereocenters. The molecule has 150 valence electrons. The van der Waals surface area contributed by atoms with E-state index in [0.29, 0.717) is 28.1 Å². The summed E-state index contributed by atoms with van der Waals surface area (Å²) in [6.45, 7) is 2.45. The summed E-state index contributed by atoms with van der Waals surface area (Å²) < 4.78 is 28.0. The summed E-state index contributed by atoms with van der Waals surface area (Å²) in [5.74, 6) is 0. The maximum absolute atomic E-state index is 12.7. The molecule has 3 aromatic rings. The number of anilines is 2. The van der Waals surface area contributed by atoms with Crippen molar-refractivity contribution < 1.29 is 8.42 Å². The van der Waals surface area contributed by atoms with Crippen LogP contribution in [0.15, 0.2) is 77.7 Å². The fourth-order valence-corrected chi connectivity index (χ4v) is 3.97. The van der Waals surface area contributed by atoms with Gasteiger partial charge in [0, 0.05) is 22.9 Å². The van der Waals surface area contributed by atoms with Crippen molar-refractivity contribution in [2.45, 2.75) is 18.4 Å². The molecule has 3 aromatic carbocycles. The van der Waals surface area contributed by atoms with Gasteiger partial charge in [0.25, 0.3) is 10.0 Å². The molecular formula is C21H20ClN3O2S2. The van der Waals surface area contributed by atoms with Crippen molar-refractivity contribution in [3.63, 3.8) is 0 Å². The Balaban J connectivity index is 1.71. The van der Waals surface area contributed by atoms with Gasteiger partial charge in [-0.15, -0.1) is 0 Å². The zero-order valence-electron chi connectivity index (χ0n) is 15.6. The Kier molecular flexibility index (Phi) is 6.74. The average Bonchev–Trinajstić information content (AvgIpc) is 2.70.